The van der Waals surface area contributed by atoms with Crippen LogP contribution in [0.4, 0.5) is 5.69 Å². The van der Waals surface area contributed by atoms with Crippen LogP contribution in [0, 0.1) is 21.4 Å². The largest absolute Gasteiger partial charge is 0.500 e. The molecule has 0 spiro atoms. The van der Waals surface area contributed by atoms with Gasteiger partial charge in [-0.3, -0.25) is 10.1 Å². The summed E-state index contributed by atoms with van der Waals surface area (Å²) in [5.41, 5.74) is 1.78. The Bertz CT molecular complexity index is 1070. The molecule has 0 atom stereocenters. The number of benzene rings is 2. The molecule has 0 bridgehead atoms. The average Bonchev–Trinajstić information content (AvgIpc) is 3.17. The van der Waals surface area contributed by atoms with Crippen molar-refractivity contribution in [1.29, 1.82) is 5.26 Å². The van der Waals surface area contributed by atoms with E-state index in [2.05, 4.69) is 11.1 Å². The second kappa shape index (κ2) is 7.68. The SMILES string of the molecule is COc1cc(C=C(C#N)c2nc(-c3ccccc3)cs2)cc([N+](=O)[O-])c1O. The van der Waals surface area contributed by atoms with Crippen LogP contribution in [0.5, 0.6) is 11.5 Å². The fourth-order valence-corrected chi connectivity index (χ4v) is 3.23. The van der Waals surface area contributed by atoms with Crippen molar-refractivity contribution >= 4 is 28.7 Å². The third-order valence-corrected chi connectivity index (χ3v) is 4.60. The Balaban J connectivity index is 2.03. The van der Waals surface area contributed by atoms with Crippen molar-refractivity contribution in [3.8, 4) is 28.8 Å². The average molecular weight is 379 g/mol. The molecule has 1 heterocycles. The van der Waals surface area contributed by atoms with Crippen LogP contribution in [-0.4, -0.2) is 22.1 Å². The predicted molar refractivity (Wildman–Crippen MR) is 102 cm³/mol. The summed E-state index contributed by atoms with van der Waals surface area (Å²) in [5, 5.41) is 32.8. The maximum absolute atomic E-state index is 11.1. The van der Waals surface area contributed by atoms with Crippen LogP contribution in [0.2, 0.25) is 0 Å². The molecule has 1 aromatic heterocycles. The molecule has 2 aromatic carbocycles. The van der Waals surface area contributed by atoms with E-state index in [-0.39, 0.29) is 11.3 Å². The molecule has 134 valence electrons. The zero-order chi connectivity index (χ0) is 19.4. The van der Waals surface area contributed by atoms with E-state index >= 15 is 0 Å². The van der Waals surface area contributed by atoms with Crippen molar-refractivity contribution in [2.24, 2.45) is 0 Å². The lowest BCUT2D eigenvalue weighted by molar-refractivity contribution is -0.386. The highest BCUT2D eigenvalue weighted by atomic mass is 32.1. The Labute approximate surface area is 158 Å². The number of nitrogens with zero attached hydrogens (tertiary/aromatic N) is 3. The first kappa shape index (κ1) is 18.1. The van der Waals surface area contributed by atoms with E-state index in [1.807, 2.05) is 35.7 Å². The van der Waals surface area contributed by atoms with Gasteiger partial charge < -0.3 is 9.84 Å². The number of aromatic nitrogens is 1. The first-order chi connectivity index (χ1) is 13.0. The van der Waals surface area contributed by atoms with E-state index in [0.717, 1.165) is 11.3 Å². The van der Waals surface area contributed by atoms with Crippen LogP contribution in [0.3, 0.4) is 0 Å². The number of methoxy groups -OCH3 is 1. The molecule has 0 radical (unpaired) electrons. The van der Waals surface area contributed by atoms with Crippen LogP contribution in [0.15, 0.2) is 47.8 Å². The van der Waals surface area contributed by atoms with Gasteiger partial charge in [0.2, 0.25) is 5.75 Å². The Morgan fingerprint density at radius 2 is 2.11 bits per heavy atom. The Morgan fingerprint density at radius 3 is 2.74 bits per heavy atom. The molecule has 8 heteroatoms. The second-order valence-electron chi connectivity index (χ2n) is 5.42. The monoisotopic (exact) mass is 379 g/mol. The van der Waals surface area contributed by atoms with Gasteiger partial charge in [0.1, 0.15) is 11.1 Å². The van der Waals surface area contributed by atoms with Crippen molar-refractivity contribution in [2.45, 2.75) is 0 Å². The minimum atomic E-state index is -0.710. The van der Waals surface area contributed by atoms with E-state index in [4.69, 9.17) is 4.74 Å². The number of allylic oxidation sites excluding steroid dienone is 1. The van der Waals surface area contributed by atoms with Crippen molar-refractivity contribution in [3.63, 3.8) is 0 Å². The minimum absolute atomic E-state index is 0.0446. The van der Waals surface area contributed by atoms with Gasteiger partial charge in [-0.1, -0.05) is 30.3 Å². The maximum Gasteiger partial charge on any atom is 0.315 e. The van der Waals surface area contributed by atoms with Crippen LogP contribution < -0.4 is 4.74 Å². The summed E-state index contributed by atoms with van der Waals surface area (Å²) in [5.74, 6) is -0.601. The third-order valence-electron chi connectivity index (χ3n) is 3.73. The number of nitriles is 1. The molecule has 0 saturated carbocycles. The smallest absolute Gasteiger partial charge is 0.315 e. The molecule has 0 aliphatic rings. The predicted octanol–water partition coefficient (Wildman–Crippen LogP) is 4.50. The Hall–Kier alpha value is -3.70. The van der Waals surface area contributed by atoms with Crippen LogP contribution in [-0.2, 0) is 0 Å². The lowest BCUT2D eigenvalue weighted by Crippen LogP contribution is -1.93. The number of phenols is 1. The highest BCUT2D eigenvalue weighted by Gasteiger charge is 2.20. The standard InChI is InChI=1S/C19H13N3O4S/c1-26-17-9-12(8-16(18(17)23)22(24)25)7-14(10-20)19-21-15(11-27-19)13-5-3-2-4-6-13/h2-9,11,23H,1H3. The molecule has 0 unspecified atom stereocenters. The number of hydrogen-bond acceptors (Lipinski definition) is 7. The molecule has 1 N–H and O–H groups in total. The van der Waals surface area contributed by atoms with Gasteiger partial charge in [0.25, 0.3) is 0 Å². The van der Waals surface area contributed by atoms with Gasteiger partial charge in [-0.25, -0.2) is 4.98 Å². The van der Waals surface area contributed by atoms with E-state index < -0.39 is 16.4 Å². The molecule has 0 saturated heterocycles. The number of nitro groups is 1. The van der Waals surface area contributed by atoms with E-state index in [9.17, 15) is 20.5 Å². The maximum atomic E-state index is 11.1. The molecule has 0 fully saturated rings. The summed E-state index contributed by atoms with van der Waals surface area (Å²) in [6, 6.07) is 14.2. The van der Waals surface area contributed by atoms with Crippen molar-refractivity contribution < 1.29 is 14.8 Å². The fraction of sp³-hybridized carbons (Fsp3) is 0.0526. The molecule has 27 heavy (non-hydrogen) atoms. The number of rotatable bonds is 5. The summed E-state index contributed by atoms with van der Waals surface area (Å²) in [6.07, 6.45) is 1.47. The summed E-state index contributed by atoms with van der Waals surface area (Å²) in [7, 11) is 1.30. The molecular weight excluding hydrogens is 366 g/mol. The number of phenolic OH excluding ortho intramolecular Hbond substituents is 1. The molecule has 0 amide bonds. The Kier molecular flexibility index (Phi) is 5.15. The lowest BCUT2D eigenvalue weighted by Gasteiger charge is -2.05. The summed E-state index contributed by atoms with van der Waals surface area (Å²) in [4.78, 5) is 14.9. The number of aromatic hydroxyl groups is 1. The fourth-order valence-electron chi connectivity index (χ4n) is 2.44. The molecule has 0 aliphatic heterocycles. The number of nitro benzene ring substituents is 1. The van der Waals surface area contributed by atoms with Gasteiger partial charge >= 0.3 is 5.69 Å². The summed E-state index contributed by atoms with van der Waals surface area (Å²) in [6.45, 7) is 0. The van der Waals surface area contributed by atoms with Gasteiger partial charge in [0, 0.05) is 17.0 Å². The van der Waals surface area contributed by atoms with E-state index in [0.29, 0.717) is 10.6 Å². The Morgan fingerprint density at radius 1 is 1.37 bits per heavy atom. The lowest BCUT2D eigenvalue weighted by atomic mass is 10.1. The first-order valence-electron chi connectivity index (χ1n) is 7.72. The van der Waals surface area contributed by atoms with Crippen molar-refractivity contribution in [1.82, 2.24) is 4.98 Å². The highest BCUT2D eigenvalue weighted by Crippen LogP contribution is 2.38. The molecule has 3 rings (SSSR count). The minimum Gasteiger partial charge on any atom is -0.500 e. The van der Waals surface area contributed by atoms with E-state index in [1.54, 1.807) is 0 Å². The van der Waals surface area contributed by atoms with E-state index in [1.165, 1.54) is 36.7 Å². The van der Waals surface area contributed by atoms with Crippen LogP contribution >= 0.6 is 11.3 Å². The highest BCUT2D eigenvalue weighted by molar-refractivity contribution is 7.11. The van der Waals surface area contributed by atoms with Crippen LogP contribution in [0.1, 0.15) is 10.6 Å². The summed E-state index contributed by atoms with van der Waals surface area (Å²) >= 11 is 1.30. The van der Waals surface area contributed by atoms with Crippen LogP contribution in [0.25, 0.3) is 22.9 Å². The second-order valence-corrected chi connectivity index (χ2v) is 6.28. The van der Waals surface area contributed by atoms with Gasteiger partial charge in [-0.15, -0.1) is 11.3 Å². The normalized spacial score (nSPS) is 11.0. The molecule has 3 aromatic rings. The van der Waals surface area contributed by atoms with Gasteiger partial charge in [-0.2, -0.15) is 5.26 Å². The number of hydrogen-bond donors (Lipinski definition) is 1. The van der Waals surface area contributed by atoms with Gasteiger partial charge in [-0.05, 0) is 17.7 Å². The third kappa shape index (κ3) is 3.78. The van der Waals surface area contributed by atoms with Crippen molar-refractivity contribution in [2.75, 3.05) is 7.11 Å². The topological polar surface area (TPSA) is 109 Å². The zero-order valence-electron chi connectivity index (χ0n) is 14.1. The molecular formula is C19H13N3O4S. The van der Waals surface area contributed by atoms with Crippen molar-refractivity contribution in [3.05, 3.63) is 68.5 Å². The zero-order valence-corrected chi connectivity index (χ0v) is 14.9. The number of thiazole rings is 1. The quantitative estimate of drug-likeness (QED) is 0.397. The molecule has 7 nitrogen and oxygen atoms in total. The number of ether oxygens (including phenoxy) is 1. The molecule has 0 aliphatic carbocycles. The summed E-state index contributed by atoms with van der Waals surface area (Å²) < 4.78 is 4.98. The first-order valence-corrected chi connectivity index (χ1v) is 8.60. The van der Waals surface area contributed by atoms with Gasteiger partial charge in [0.15, 0.2) is 5.75 Å². The van der Waals surface area contributed by atoms with Gasteiger partial charge in [0.05, 0.1) is 23.3 Å².